The maximum Gasteiger partial charge on any atom is 0.253 e. The van der Waals surface area contributed by atoms with Gasteiger partial charge in [0.05, 0.1) is 0 Å². The smallest absolute Gasteiger partial charge is 0.253 e. The number of hydrogen-bond donors (Lipinski definition) is 1. The van der Waals surface area contributed by atoms with Crippen molar-refractivity contribution in [3.63, 3.8) is 0 Å². The molecule has 0 radical (unpaired) electrons. The Morgan fingerprint density at radius 2 is 1.67 bits per heavy atom. The molecule has 1 N–H and O–H groups in total. The molecule has 102 valence electrons. The fraction of sp³-hybridized carbons (Fsp3) is 0.500. The number of rotatable bonds is 6. The lowest BCUT2D eigenvalue weighted by molar-refractivity contribution is 0.0773. The van der Waals surface area contributed by atoms with Gasteiger partial charge in [-0.1, -0.05) is 19.1 Å². The average Bonchev–Trinajstić information content (AvgIpc) is 2.38. The topological polar surface area (TPSA) is 32.3 Å². The van der Waals surface area contributed by atoms with Gasteiger partial charge in [-0.25, -0.2) is 0 Å². The monoisotopic (exact) mass is 270 g/mol. The van der Waals surface area contributed by atoms with Gasteiger partial charge in [0.15, 0.2) is 0 Å². The molecule has 18 heavy (non-hydrogen) atoms. The van der Waals surface area contributed by atoms with Gasteiger partial charge in [0.1, 0.15) is 0 Å². The van der Waals surface area contributed by atoms with Gasteiger partial charge in [-0.05, 0) is 38.1 Å². The third-order valence-electron chi connectivity index (χ3n) is 2.83. The van der Waals surface area contributed by atoms with Crippen molar-refractivity contribution in [2.75, 3.05) is 19.6 Å². The molecule has 1 rings (SSSR count). The number of halogens is 1. The Balaban J connectivity index is 0.00000289. The van der Waals surface area contributed by atoms with Crippen molar-refractivity contribution in [2.45, 2.75) is 27.3 Å². The van der Waals surface area contributed by atoms with Crippen molar-refractivity contribution in [3.05, 3.63) is 35.4 Å². The Morgan fingerprint density at radius 3 is 2.11 bits per heavy atom. The first-order valence-electron chi connectivity index (χ1n) is 6.31. The van der Waals surface area contributed by atoms with Crippen LogP contribution in [0.25, 0.3) is 0 Å². The number of nitrogens with zero attached hydrogens (tertiary/aromatic N) is 1. The standard InChI is InChI=1S/C14H22N2O.ClH/c1-4-15-11-12-7-9-13(10-8-12)14(17)16(5-2)6-3;/h7-10,15H,4-6,11H2,1-3H3;1H. The highest BCUT2D eigenvalue weighted by Crippen LogP contribution is 2.07. The highest BCUT2D eigenvalue weighted by molar-refractivity contribution is 5.94. The van der Waals surface area contributed by atoms with Gasteiger partial charge in [-0.15, -0.1) is 12.4 Å². The van der Waals surface area contributed by atoms with E-state index < -0.39 is 0 Å². The van der Waals surface area contributed by atoms with Crippen LogP contribution < -0.4 is 5.32 Å². The van der Waals surface area contributed by atoms with Crippen LogP contribution in [0.15, 0.2) is 24.3 Å². The first kappa shape index (κ1) is 16.9. The van der Waals surface area contributed by atoms with Crippen molar-refractivity contribution < 1.29 is 4.79 Å². The Morgan fingerprint density at radius 1 is 1.11 bits per heavy atom. The molecular weight excluding hydrogens is 248 g/mol. The molecule has 0 bridgehead atoms. The number of benzene rings is 1. The largest absolute Gasteiger partial charge is 0.339 e. The summed E-state index contributed by atoms with van der Waals surface area (Å²) in [7, 11) is 0. The van der Waals surface area contributed by atoms with E-state index in [9.17, 15) is 4.79 Å². The van der Waals surface area contributed by atoms with Gasteiger partial charge in [-0.2, -0.15) is 0 Å². The third-order valence-corrected chi connectivity index (χ3v) is 2.83. The quantitative estimate of drug-likeness (QED) is 0.862. The van der Waals surface area contributed by atoms with Gasteiger partial charge in [0, 0.05) is 25.2 Å². The Kier molecular flexibility index (Phi) is 8.42. The molecule has 1 aromatic rings. The maximum atomic E-state index is 12.0. The van der Waals surface area contributed by atoms with Crippen molar-refractivity contribution in [1.29, 1.82) is 0 Å². The minimum Gasteiger partial charge on any atom is -0.339 e. The van der Waals surface area contributed by atoms with Crippen LogP contribution >= 0.6 is 12.4 Å². The molecule has 0 fully saturated rings. The summed E-state index contributed by atoms with van der Waals surface area (Å²) in [6.45, 7) is 9.42. The molecule has 0 heterocycles. The number of carbonyl (C=O) groups excluding carboxylic acids is 1. The molecule has 0 aliphatic heterocycles. The van der Waals surface area contributed by atoms with Crippen molar-refractivity contribution in [3.8, 4) is 0 Å². The van der Waals surface area contributed by atoms with E-state index in [4.69, 9.17) is 0 Å². The first-order chi connectivity index (χ1) is 8.22. The maximum absolute atomic E-state index is 12.0. The van der Waals surface area contributed by atoms with Crippen LogP contribution in [-0.2, 0) is 6.54 Å². The minimum absolute atomic E-state index is 0. The summed E-state index contributed by atoms with van der Waals surface area (Å²) in [5.74, 6) is 0.116. The molecule has 0 aliphatic rings. The first-order valence-corrected chi connectivity index (χ1v) is 6.31. The molecule has 1 aromatic carbocycles. The van der Waals surface area contributed by atoms with Crippen molar-refractivity contribution >= 4 is 18.3 Å². The van der Waals surface area contributed by atoms with Gasteiger partial charge < -0.3 is 10.2 Å². The zero-order valence-electron chi connectivity index (χ0n) is 11.4. The van der Waals surface area contributed by atoms with E-state index in [-0.39, 0.29) is 18.3 Å². The van der Waals surface area contributed by atoms with Gasteiger partial charge in [-0.3, -0.25) is 4.79 Å². The average molecular weight is 271 g/mol. The fourth-order valence-corrected chi connectivity index (χ4v) is 1.73. The Bertz CT molecular complexity index is 347. The minimum atomic E-state index is 0. The second kappa shape index (κ2) is 8.95. The van der Waals surface area contributed by atoms with Crippen LogP contribution in [0.5, 0.6) is 0 Å². The lowest BCUT2D eigenvalue weighted by atomic mass is 10.1. The summed E-state index contributed by atoms with van der Waals surface area (Å²) < 4.78 is 0. The van der Waals surface area contributed by atoms with E-state index in [1.807, 2.05) is 43.0 Å². The van der Waals surface area contributed by atoms with Crippen molar-refractivity contribution in [2.24, 2.45) is 0 Å². The molecule has 0 saturated heterocycles. The Hall–Kier alpha value is -1.06. The molecule has 3 nitrogen and oxygen atoms in total. The predicted molar refractivity (Wildman–Crippen MR) is 78.3 cm³/mol. The summed E-state index contributed by atoms with van der Waals surface area (Å²) in [5, 5.41) is 3.26. The second-order valence-electron chi connectivity index (χ2n) is 3.95. The number of hydrogen-bond acceptors (Lipinski definition) is 2. The molecule has 0 atom stereocenters. The molecule has 4 heteroatoms. The fourth-order valence-electron chi connectivity index (χ4n) is 1.73. The molecule has 0 spiro atoms. The van der Waals surface area contributed by atoms with Crippen LogP contribution in [0.1, 0.15) is 36.7 Å². The molecule has 0 unspecified atom stereocenters. The third kappa shape index (κ3) is 4.67. The number of amides is 1. The van der Waals surface area contributed by atoms with Gasteiger partial charge in [0.2, 0.25) is 0 Å². The van der Waals surface area contributed by atoms with Crippen LogP contribution in [0.4, 0.5) is 0 Å². The molecule has 0 aliphatic carbocycles. The Labute approximate surface area is 116 Å². The summed E-state index contributed by atoms with van der Waals surface area (Å²) in [6, 6.07) is 7.85. The lowest BCUT2D eigenvalue weighted by Gasteiger charge is -2.18. The summed E-state index contributed by atoms with van der Waals surface area (Å²) in [4.78, 5) is 13.9. The highest BCUT2D eigenvalue weighted by Gasteiger charge is 2.11. The van der Waals surface area contributed by atoms with E-state index in [0.29, 0.717) is 0 Å². The normalized spacial score (nSPS) is 9.72. The number of nitrogens with one attached hydrogen (secondary N) is 1. The lowest BCUT2D eigenvalue weighted by Crippen LogP contribution is -2.30. The van der Waals surface area contributed by atoms with E-state index >= 15 is 0 Å². The molecule has 0 saturated carbocycles. The second-order valence-corrected chi connectivity index (χ2v) is 3.95. The van der Waals surface area contributed by atoms with E-state index in [1.54, 1.807) is 0 Å². The summed E-state index contributed by atoms with van der Waals surface area (Å²) >= 11 is 0. The van der Waals surface area contributed by atoms with E-state index in [0.717, 1.165) is 31.7 Å². The molecular formula is C14H23ClN2O. The molecule has 0 aromatic heterocycles. The van der Waals surface area contributed by atoms with E-state index in [1.165, 1.54) is 5.56 Å². The van der Waals surface area contributed by atoms with Gasteiger partial charge >= 0.3 is 0 Å². The van der Waals surface area contributed by atoms with Crippen molar-refractivity contribution in [1.82, 2.24) is 10.2 Å². The SMILES string of the molecule is CCNCc1ccc(C(=O)N(CC)CC)cc1.Cl. The van der Waals surface area contributed by atoms with Crippen LogP contribution in [0.2, 0.25) is 0 Å². The highest BCUT2D eigenvalue weighted by atomic mass is 35.5. The van der Waals surface area contributed by atoms with Crippen LogP contribution in [0.3, 0.4) is 0 Å². The summed E-state index contributed by atoms with van der Waals surface area (Å²) in [6.07, 6.45) is 0. The molecule has 1 amide bonds. The van der Waals surface area contributed by atoms with Gasteiger partial charge in [0.25, 0.3) is 5.91 Å². The zero-order valence-corrected chi connectivity index (χ0v) is 12.2. The predicted octanol–water partition coefficient (Wildman–Crippen LogP) is 2.70. The van der Waals surface area contributed by atoms with E-state index in [2.05, 4.69) is 12.2 Å². The number of carbonyl (C=O) groups is 1. The van der Waals surface area contributed by atoms with Crippen LogP contribution in [0, 0.1) is 0 Å². The van der Waals surface area contributed by atoms with Crippen LogP contribution in [-0.4, -0.2) is 30.4 Å². The summed E-state index contributed by atoms with van der Waals surface area (Å²) in [5.41, 5.74) is 1.98. The zero-order chi connectivity index (χ0) is 12.7.